The van der Waals surface area contributed by atoms with Crippen molar-refractivity contribution in [3.63, 3.8) is 0 Å². The van der Waals surface area contributed by atoms with Crippen molar-refractivity contribution in [1.82, 2.24) is 14.9 Å². The van der Waals surface area contributed by atoms with E-state index >= 15 is 0 Å². The fourth-order valence-corrected chi connectivity index (χ4v) is 4.52. The van der Waals surface area contributed by atoms with Gasteiger partial charge in [-0.3, -0.25) is 4.90 Å². The van der Waals surface area contributed by atoms with Crippen molar-refractivity contribution in [2.75, 3.05) is 13.1 Å². The molecule has 0 amide bonds. The molecule has 2 N–H and O–H groups in total. The largest absolute Gasteiger partial charge is 0.478 e. The summed E-state index contributed by atoms with van der Waals surface area (Å²) >= 11 is 0. The molecule has 162 valence electrons. The SMILES string of the molecule is Cc1nc2c(C(=O)O)cc(-c3ccc(-c4ccccc4CN4CC[C@@H](F)C4)cc3)cc2[nH]1. The number of hydrogen-bond donors (Lipinski definition) is 2. The molecule has 0 radical (unpaired) electrons. The van der Waals surface area contributed by atoms with Crippen LogP contribution in [-0.2, 0) is 6.54 Å². The van der Waals surface area contributed by atoms with E-state index in [1.54, 1.807) is 6.07 Å². The van der Waals surface area contributed by atoms with E-state index in [1.165, 1.54) is 5.56 Å². The van der Waals surface area contributed by atoms with Crippen LogP contribution in [0.2, 0.25) is 0 Å². The number of aromatic amines is 1. The number of aryl methyl sites for hydroxylation is 1. The molecule has 0 aliphatic carbocycles. The fraction of sp³-hybridized carbons (Fsp3) is 0.231. The maximum Gasteiger partial charge on any atom is 0.337 e. The number of carboxylic acids is 1. The number of likely N-dealkylation sites (tertiary alicyclic amines) is 1. The monoisotopic (exact) mass is 429 g/mol. The van der Waals surface area contributed by atoms with E-state index in [-0.39, 0.29) is 5.56 Å². The smallest absolute Gasteiger partial charge is 0.337 e. The summed E-state index contributed by atoms with van der Waals surface area (Å²) in [4.78, 5) is 21.4. The number of rotatable bonds is 5. The number of carbonyl (C=O) groups is 1. The predicted molar refractivity (Wildman–Crippen MR) is 123 cm³/mol. The molecule has 2 heterocycles. The molecule has 0 saturated carbocycles. The quantitative estimate of drug-likeness (QED) is 0.443. The van der Waals surface area contributed by atoms with Crippen molar-refractivity contribution < 1.29 is 14.3 Å². The second kappa shape index (κ2) is 8.20. The zero-order chi connectivity index (χ0) is 22.2. The van der Waals surface area contributed by atoms with Crippen molar-refractivity contribution >= 4 is 17.0 Å². The summed E-state index contributed by atoms with van der Waals surface area (Å²) < 4.78 is 13.6. The lowest BCUT2D eigenvalue weighted by Crippen LogP contribution is -2.20. The molecular weight excluding hydrogens is 405 g/mol. The fourth-order valence-electron chi connectivity index (χ4n) is 4.52. The van der Waals surface area contributed by atoms with Gasteiger partial charge in [-0.05, 0) is 53.3 Å². The van der Waals surface area contributed by atoms with Crippen LogP contribution in [-0.4, -0.2) is 45.2 Å². The van der Waals surface area contributed by atoms with Gasteiger partial charge in [-0.1, -0.05) is 48.5 Å². The van der Waals surface area contributed by atoms with E-state index < -0.39 is 12.1 Å². The molecular formula is C26H24FN3O2. The molecule has 1 aliphatic rings. The van der Waals surface area contributed by atoms with Gasteiger partial charge in [0.15, 0.2) is 0 Å². The number of imidazole rings is 1. The first-order chi connectivity index (χ1) is 15.5. The summed E-state index contributed by atoms with van der Waals surface area (Å²) in [7, 11) is 0. The second-order valence-corrected chi connectivity index (χ2v) is 8.40. The van der Waals surface area contributed by atoms with Crippen LogP contribution < -0.4 is 0 Å². The summed E-state index contributed by atoms with van der Waals surface area (Å²) in [6.07, 6.45) is -0.122. The molecule has 5 rings (SSSR count). The topological polar surface area (TPSA) is 69.2 Å². The first-order valence-corrected chi connectivity index (χ1v) is 10.8. The summed E-state index contributed by atoms with van der Waals surface area (Å²) in [6, 6.07) is 20.0. The molecule has 6 heteroatoms. The zero-order valence-corrected chi connectivity index (χ0v) is 17.8. The maximum atomic E-state index is 13.6. The van der Waals surface area contributed by atoms with E-state index in [0.29, 0.717) is 29.8 Å². The number of halogens is 1. The number of hydrogen-bond acceptors (Lipinski definition) is 3. The summed E-state index contributed by atoms with van der Waals surface area (Å²) in [5, 5.41) is 9.64. The lowest BCUT2D eigenvalue weighted by Gasteiger charge is -2.18. The number of nitrogens with zero attached hydrogens (tertiary/aromatic N) is 2. The number of benzene rings is 3. The van der Waals surface area contributed by atoms with E-state index in [0.717, 1.165) is 35.3 Å². The van der Waals surface area contributed by atoms with Crippen LogP contribution in [0.15, 0.2) is 60.7 Å². The number of carboxylic acid groups (broad SMARTS) is 1. The summed E-state index contributed by atoms with van der Waals surface area (Å²) in [5.74, 6) is -0.310. The highest BCUT2D eigenvalue weighted by Gasteiger charge is 2.22. The zero-order valence-electron chi connectivity index (χ0n) is 17.8. The van der Waals surface area contributed by atoms with Crippen molar-refractivity contribution in [2.45, 2.75) is 26.1 Å². The van der Waals surface area contributed by atoms with Gasteiger partial charge in [0, 0.05) is 19.6 Å². The lowest BCUT2D eigenvalue weighted by atomic mass is 9.96. The molecule has 1 saturated heterocycles. The Kier molecular flexibility index (Phi) is 5.23. The average molecular weight is 429 g/mol. The van der Waals surface area contributed by atoms with Gasteiger partial charge in [-0.15, -0.1) is 0 Å². The molecule has 32 heavy (non-hydrogen) atoms. The summed E-state index contributed by atoms with van der Waals surface area (Å²) in [6.45, 7) is 3.83. The molecule has 0 spiro atoms. The van der Waals surface area contributed by atoms with Crippen molar-refractivity contribution in [1.29, 1.82) is 0 Å². The third-order valence-corrected chi connectivity index (χ3v) is 6.09. The molecule has 1 aliphatic heterocycles. The Morgan fingerprint density at radius 1 is 1.12 bits per heavy atom. The Labute approximate surface area is 185 Å². The second-order valence-electron chi connectivity index (χ2n) is 8.40. The number of H-pyrrole nitrogens is 1. The molecule has 1 atom stereocenters. The van der Waals surface area contributed by atoms with Crippen LogP contribution >= 0.6 is 0 Å². The highest BCUT2D eigenvalue weighted by molar-refractivity contribution is 6.03. The normalized spacial score (nSPS) is 16.6. The van der Waals surface area contributed by atoms with E-state index in [1.807, 2.05) is 37.3 Å². The maximum absolute atomic E-state index is 13.6. The van der Waals surface area contributed by atoms with Crippen LogP contribution in [0.25, 0.3) is 33.3 Å². The van der Waals surface area contributed by atoms with Gasteiger partial charge in [0.25, 0.3) is 0 Å². The highest BCUT2D eigenvalue weighted by atomic mass is 19.1. The van der Waals surface area contributed by atoms with Gasteiger partial charge < -0.3 is 10.1 Å². The Hall–Kier alpha value is -3.51. The van der Waals surface area contributed by atoms with Gasteiger partial charge in [-0.2, -0.15) is 0 Å². The van der Waals surface area contributed by atoms with E-state index in [4.69, 9.17) is 0 Å². The van der Waals surface area contributed by atoms with Crippen molar-refractivity contribution in [3.05, 3.63) is 77.6 Å². The number of fused-ring (bicyclic) bond motifs is 1. The molecule has 1 fully saturated rings. The predicted octanol–water partition coefficient (Wildman–Crippen LogP) is 5.45. The van der Waals surface area contributed by atoms with Crippen LogP contribution in [0.1, 0.15) is 28.2 Å². The van der Waals surface area contributed by atoms with Crippen molar-refractivity contribution in [2.24, 2.45) is 0 Å². The van der Waals surface area contributed by atoms with Gasteiger partial charge >= 0.3 is 5.97 Å². The Morgan fingerprint density at radius 2 is 1.88 bits per heavy atom. The molecule has 3 aromatic carbocycles. The molecule has 0 unspecified atom stereocenters. The minimum Gasteiger partial charge on any atom is -0.478 e. The van der Waals surface area contributed by atoms with Gasteiger partial charge in [-0.25, -0.2) is 14.2 Å². The minimum absolute atomic E-state index is 0.188. The highest BCUT2D eigenvalue weighted by Crippen LogP contribution is 2.31. The number of aromatic carboxylic acids is 1. The van der Waals surface area contributed by atoms with Crippen LogP contribution in [0, 0.1) is 6.92 Å². The molecule has 1 aromatic heterocycles. The molecule has 5 nitrogen and oxygen atoms in total. The Morgan fingerprint density at radius 3 is 2.59 bits per heavy atom. The number of aromatic nitrogens is 2. The van der Waals surface area contributed by atoms with E-state index in [9.17, 15) is 14.3 Å². The lowest BCUT2D eigenvalue weighted by molar-refractivity contribution is 0.0699. The van der Waals surface area contributed by atoms with Crippen LogP contribution in [0.3, 0.4) is 0 Å². The number of alkyl halides is 1. The molecule has 4 aromatic rings. The standard InChI is InChI=1S/C26H24FN3O2/c1-16-28-24-13-20(12-23(26(31)32)25(24)29-16)17-6-8-18(9-7-17)22-5-3-2-4-19(22)14-30-11-10-21(27)15-30/h2-9,12-13,21H,10-11,14-15H2,1H3,(H,28,29)(H,31,32)/t21-/m1/s1. The summed E-state index contributed by atoms with van der Waals surface area (Å²) in [5.41, 5.74) is 6.52. The van der Waals surface area contributed by atoms with E-state index in [2.05, 4.69) is 39.1 Å². The number of nitrogens with one attached hydrogen (secondary N) is 1. The van der Waals surface area contributed by atoms with Crippen LogP contribution in [0.4, 0.5) is 4.39 Å². The Bertz CT molecular complexity index is 1300. The van der Waals surface area contributed by atoms with Crippen LogP contribution in [0.5, 0.6) is 0 Å². The third kappa shape index (κ3) is 3.89. The van der Waals surface area contributed by atoms with Crippen molar-refractivity contribution in [3.8, 4) is 22.3 Å². The van der Waals surface area contributed by atoms with Gasteiger partial charge in [0.2, 0.25) is 0 Å². The minimum atomic E-state index is -0.994. The Balaban J connectivity index is 1.47. The third-order valence-electron chi connectivity index (χ3n) is 6.09. The first kappa shape index (κ1) is 20.4. The average Bonchev–Trinajstić information content (AvgIpc) is 3.37. The van der Waals surface area contributed by atoms with Gasteiger partial charge in [0.1, 0.15) is 17.5 Å². The first-order valence-electron chi connectivity index (χ1n) is 10.8. The molecule has 0 bridgehead atoms. The van der Waals surface area contributed by atoms with Gasteiger partial charge in [0.05, 0.1) is 11.1 Å².